The Hall–Kier alpha value is -3.27. The lowest BCUT2D eigenvalue weighted by Gasteiger charge is -2.26. The lowest BCUT2D eigenvalue weighted by Crippen LogP contribution is -2.37. The lowest BCUT2D eigenvalue weighted by molar-refractivity contribution is 0.0933. The maximum atomic E-state index is 13.0. The van der Waals surface area contributed by atoms with E-state index in [9.17, 15) is 4.79 Å². The highest BCUT2D eigenvalue weighted by molar-refractivity contribution is 5.98. The van der Waals surface area contributed by atoms with Gasteiger partial charge in [-0.1, -0.05) is 66.7 Å². The first-order valence-electron chi connectivity index (χ1n) is 9.27. The third-order valence-electron chi connectivity index (χ3n) is 4.82. The molecule has 0 saturated carbocycles. The summed E-state index contributed by atoms with van der Waals surface area (Å²) < 4.78 is 10.7. The van der Waals surface area contributed by atoms with Crippen molar-refractivity contribution in [1.82, 2.24) is 5.32 Å². The maximum Gasteiger partial charge on any atom is 0.255 e. The second kappa shape index (κ2) is 9.09. The van der Waals surface area contributed by atoms with E-state index >= 15 is 0 Å². The minimum absolute atomic E-state index is 0.0305. The molecule has 3 rings (SSSR count). The van der Waals surface area contributed by atoms with Gasteiger partial charge in [0, 0.05) is 12.0 Å². The van der Waals surface area contributed by atoms with Crippen molar-refractivity contribution < 1.29 is 14.3 Å². The SMILES string of the molecule is COc1cccc(C(=O)NC(C)C(c2ccccc2)c2ccccc2)c1OC. The monoisotopic (exact) mass is 375 g/mol. The van der Waals surface area contributed by atoms with Crippen LogP contribution in [0, 0.1) is 0 Å². The molecule has 0 saturated heterocycles. The van der Waals surface area contributed by atoms with Crippen LogP contribution in [0.1, 0.15) is 34.3 Å². The van der Waals surface area contributed by atoms with Crippen LogP contribution in [0.4, 0.5) is 0 Å². The molecular formula is C24H25NO3. The number of hydrogen-bond acceptors (Lipinski definition) is 3. The predicted molar refractivity (Wildman–Crippen MR) is 111 cm³/mol. The van der Waals surface area contributed by atoms with Gasteiger partial charge in [0.05, 0.1) is 19.8 Å². The van der Waals surface area contributed by atoms with Gasteiger partial charge in [-0.2, -0.15) is 0 Å². The highest BCUT2D eigenvalue weighted by atomic mass is 16.5. The van der Waals surface area contributed by atoms with Gasteiger partial charge in [-0.3, -0.25) is 4.79 Å². The van der Waals surface area contributed by atoms with E-state index in [4.69, 9.17) is 9.47 Å². The van der Waals surface area contributed by atoms with Crippen LogP contribution in [0.5, 0.6) is 11.5 Å². The van der Waals surface area contributed by atoms with Crippen molar-refractivity contribution in [2.45, 2.75) is 18.9 Å². The lowest BCUT2D eigenvalue weighted by atomic mass is 9.85. The van der Waals surface area contributed by atoms with Crippen LogP contribution in [-0.2, 0) is 0 Å². The molecule has 0 aromatic heterocycles. The van der Waals surface area contributed by atoms with Gasteiger partial charge in [0.2, 0.25) is 0 Å². The Balaban J connectivity index is 1.91. The molecule has 0 spiro atoms. The number of hydrogen-bond donors (Lipinski definition) is 1. The van der Waals surface area contributed by atoms with Crippen LogP contribution in [0.25, 0.3) is 0 Å². The Kier molecular flexibility index (Phi) is 6.33. The Labute approximate surface area is 166 Å². The maximum absolute atomic E-state index is 13.0. The number of para-hydroxylation sites is 1. The van der Waals surface area contributed by atoms with Gasteiger partial charge in [0.25, 0.3) is 5.91 Å². The quantitative estimate of drug-likeness (QED) is 0.654. The summed E-state index contributed by atoms with van der Waals surface area (Å²) in [7, 11) is 3.10. The average molecular weight is 375 g/mol. The molecule has 0 aliphatic heterocycles. The van der Waals surface area contributed by atoms with Crippen LogP contribution < -0.4 is 14.8 Å². The molecule has 144 valence electrons. The molecule has 0 aliphatic rings. The molecule has 3 aromatic rings. The van der Waals surface area contributed by atoms with E-state index < -0.39 is 0 Å². The molecule has 3 aromatic carbocycles. The van der Waals surface area contributed by atoms with Crippen molar-refractivity contribution in [1.29, 1.82) is 0 Å². The van der Waals surface area contributed by atoms with E-state index in [0.29, 0.717) is 17.1 Å². The van der Waals surface area contributed by atoms with Crippen LogP contribution in [0.2, 0.25) is 0 Å². The minimum Gasteiger partial charge on any atom is -0.493 e. The van der Waals surface area contributed by atoms with E-state index in [1.807, 2.05) is 43.3 Å². The summed E-state index contributed by atoms with van der Waals surface area (Å²) >= 11 is 0. The topological polar surface area (TPSA) is 47.6 Å². The summed E-state index contributed by atoms with van der Waals surface area (Å²) in [5, 5.41) is 3.14. The Morgan fingerprint density at radius 2 is 1.36 bits per heavy atom. The zero-order valence-corrected chi connectivity index (χ0v) is 16.4. The summed E-state index contributed by atoms with van der Waals surface area (Å²) in [6.45, 7) is 2.02. The Morgan fingerprint density at radius 3 is 1.86 bits per heavy atom. The summed E-state index contributed by atoms with van der Waals surface area (Å²) in [5.41, 5.74) is 2.76. The Morgan fingerprint density at radius 1 is 0.786 bits per heavy atom. The molecule has 1 unspecified atom stereocenters. The molecule has 28 heavy (non-hydrogen) atoms. The van der Waals surface area contributed by atoms with E-state index in [1.54, 1.807) is 25.3 Å². The zero-order valence-electron chi connectivity index (χ0n) is 16.4. The number of methoxy groups -OCH3 is 2. The van der Waals surface area contributed by atoms with Crippen LogP contribution in [0.15, 0.2) is 78.9 Å². The molecule has 1 atom stereocenters. The molecule has 4 nitrogen and oxygen atoms in total. The number of carbonyl (C=O) groups is 1. The van der Waals surface area contributed by atoms with Crippen molar-refractivity contribution in [3.63, 3.8) is 0 Å². The molecule has 0 radical (unpaired) electrons. The smallest absolute Gasteiger partial charge is 0.255 e. The fraction of sp³-hybridized carbons (Fsp3) is 0.208. The zero-order chi connectivity index (χ0) is 19.9. The predicted octanol–water partition coefficient (Wildman–Crippen LogP) is 4.65. The van der Waals surface area contributed by atoms with Gasteiger partial charge >= 0.3 is 0 Å². The summed E-state index contributed by atoms with van der Waals surface area (Å²) in [6.07, 6.45) is 0. The molecule has 0 fully saturated rings. The van der Waals surface area contributed by atoms with Crippen molar-refractivity contribution in [2.75, 3.05) is 14.2 Å². The number of ether oxygens (including phenoxy) is 2. The van der Waals surface area contributed by atoms with Crippen molar-refractivity contribution in [3.05, 3.63) is 95.6 Å². The molecule has 1 amide bonds. The molecule has 0 aliphatic carbocycles. The molecule has 1 N–H and O–H groups in total. The number of amides is 1. The summed E-state index contributed by atoms with van der Waals surface area (Å²) in [5.74, 6) is 0.805. The minimum atomic E-state index is -0.194. The second-order valence-electron chi connectivity index (χ2n) is 6.60. The fourth-order valence-electron chi connectivity index (χ4n) is 3.52. The van der Waals surface area contributed by atoms with Crippen molar-refractivity contribution in [2.24, 2.45) is 0 Å². The molecule has 4 heteroatoms. The second-order valence-corrected chi connectivity index (χ2v) is 6.60. The van der Waals surface area contributed by atoms with E-state index in [1.165, 1.54) is 7.11 Å². The van der Waals surface area contributed by atoms with E-state index in [2.05, 4.69) is 29.6 Å². The molecule has 0 heterocycles. The summed E-state index contributed by atoms with van der Waals surface area (Å²) in [4.78, 5) is 13.0. The van der Waals surface area contributed by atoms with Crippen LogP contribution in [-0.4, -0.2) is 26.2 Å². The molecule has 0 bridgehead atoms. The number of nitrogens with one attached hydrogen (secondary N) is 1. The van der Waals surface area contributed by atoms with Gasteiger partial charge in [-0.15, -0.1) is 0 Å². The highest BCUT2D eigenvalue weighted by Crippen LogP contribution is 2.32. The van der Waals surface area contributed by atoms with Gasteiger partial charge in [-0.05, 0) is 30.2 Å². The third kappa shape index (κ3) is 4.17. The van der Waals surface area contributed by atoms with Gasteiger partial charge in [-0.25, -0.2) is 0 Å². The van der Waals surface area contributed by atoms with E-state index in [-0.39, 0.29) is 17.9 Å². The van der Waals surface area contributed by atoms with Crippen LogP contribution in [0.3, 0.4) is 0 Å². The largest absolute Gasteiger partial charge is 0.493 e. The fourth-order valence-corrected chi connectivity index (χ4v) is 3.52. The normalized spacial score (nSPS) is 11.7. The molecular weight excluding hydrogens is 350 g/mol. The average Bonchev–Trinajstić information content (AvgIpc) is 2.74. The number of rotatable bonds is 7. The van der Waals surface area contributed by atoms with Crippen LogP contribution >= 0.6 is 0 Å². The van der Waals surface area contributed by atoms with Gasteiger partial charge < -0.3 is 14.8 Å². The first kappa shape index (κ1) is 19.5. The van der Waals surface area contributed by atoms with E-state index in [0.717, 1.165) is 11.1 Å². The number of benzene rings is 3. The third-order valence-corrected chi connectivity index (χ3v) is 4.82. The Bertz CT molecular complexity index is 870. The van der Waals surface area contributed by atoms with Gasteiger partial charge in [0.15, 0.2) is 11.5 Å². The van der Waals surface area contributed by atoms with Crippen molar-refractivity contribution >= 4 is 5.91 Å². The van der Waals surface area contributed by atoms with Crippen molar-refractivity contribution in [3.8, 4) is 11.5 Å². The first-order chi connectivity index (χ1) is 13.7. The first-order valence-corrected chi connectivity index (χ1v) is 9.27. The highest BCUT2D eigenvalue weighted by Gasteiger charge is 2.25. The standard InChI is InChI=1S/C24H25NO3/c1-17(25-24(26)20-15-10-16-21(27-2)23(20)28-3)22(18-11-6-4-7-12-18)19-13-8-5-9-14-19/h4-17,22H,1-3H3,(H,25,26). The number of carbonyl (C=O) groups excluding carboxylic acids is 1. The summed E-state index contributed by atoms with van der Waals surface area (Å²) in [6, 6.07) is 25.6. The van der Waals surface area contributed by atoms with Gasteiger partial charge in [0.1, 0.15) is 0 Å².